The van der Waals surface area contributed by atoms with Crippen LogP contribution in [-0.4, -0.2) is 22.8 Å². The molecule has 1 rings (SSSR count). The molecule has 1 N–H and O–H groups in total. The number of oxazole rings is 1. The van der Waals surface area contributed by atoms with E-state index in [1.807, 2.05) is 6.92 Å². The van der Waals surface area contributed by atoms with Crippen molar-refractivity contribution in [2.75, 3.05) is 6.54 Å². The molecule has 0 saturated carbocycles. The van der Waals surface area contributed by atoms with Gasteiger partial charge in [0, 0.05) is 6.54 Å². The van der Waals surface area contributed by atoms with Gasteiger partial charge >= 0.3 is 0 Å². The molecule has 14 heavy (non-hydrogen) atoms. The van der Waals surface area contributed by atoms with Crippen molar-refractivity contribution in [1.29, 1.82) is 0 Å². The minimum Gasteiger partial charge on any atom is -0.438 e. The van der Waals surface area contributed by atoms with E-state index in [-0.39, 0.29) is 17.0 Å². The lowest BCUT2D eigenvalue weighted by molar-refractivity contribution is 0.0925. The number of amides is 1. The third kappa shape index (κ3) is 2.73. The van der Waals surface area contributed by atoms with Crippen LogP contribution in [0.5, 0.6) is 0 Å². The van der Waals surface area contributed by atoms with Gasteiger partial charge in [0.1, 0.15) is 0 Å². The predicted octanol–water partition coefficient (Wildman–Crippen LogP) is 1.73. The Morgan fingerprint density at radius 3 is 3.00 bits per heavy atom. The molecule has 0 spiro atoms. The molecule has 5 heteroatoms. The highest BCUT2D eigenvalue weighted by Crippen LogP contribution is 2.05. The van der Waals surface area contributed by atoms with Crippen LogP contribution in [0, 0.1) is 6.92 Å². The molecule has 1 heterocycles. The Balaban J connectivity index is 2.47. The van der Waals surface area contributed by atoms with Gasteiger partial charge in [-0.15, -0.1) is 11.6 Å². The summed E-state index contributed by atoms with van der Waals surface area (Å²) in [5.41, 5.74) is 0.588. The minimum atomic E-state index is -0.265. The molecule has 0 radical (unpaired) electrons. The van der Waals surface area contributed by atoms with Crippen molar-refractivity contribution in [2.45, 2.75) is 25.6 Å². The smallest absolute Gasteiger partial charge is 0.289 e. The van der Waals surface area contributed by atoms with Crippen molar-refractivity contribution in [3.05, 3.63) is 17.8 Å². The Morgan fingerprint density at radius 2 is 2.50 bits per heavy atom. The summed E-state index contributed by atoms with van der Waals surface area (Å²) in [4.78, 5) is 15.3. The van der Waals surface area contributed by atoms with Crippen molar-refractivity contribution < 1.29 is 9.21 Å². The number of rotatable bonds is 4. The molecule has 1 atom stereocenters. The summed E-state index contributed by atoms with van der Waals surface area (Å²) in [5.74, 6) is -0.0101. The summed E-state index contributed by atoms with van der Waals surface area (Å²) < 4.78 is 4.93. The number of carbonyl (C=O) groups is 1. The lowest BCUT2D eigenvalue weighted by Crippen LogP contribution is -2.29. The van der Waals surface area contributed by atoms with E-state index in [1.54, 1.807) is 6.92 Å². The maximum absolute atomic E-state index is 11.4. The Kier molecular flexibility index (Phi) is 3.95. The van der Waals surface area contributed by atoms with Crippen molar-refractivity contribution in [3.63, 3.8) is 0 Å². The first-order valence-electron chi connectivity index (χ1n) is 4.47. The Labute approximate surface area is 87.6 Å². The molecule has 1 aromatic heterocycles. The Morgan fingerprint density at radius 1 is 1.79 bits per heavy atom. The molecule has 1 amide bonds. The van der Waals surface area contributed by atoms with Crippen molar-refractivity contribution in [1.82, 2.24) is 10.3 Å². The molecule has 78 valence electrons. The molecule has 0 saturated heterocycles. The summed E-state index contributed by atoms with van der Waals surface area (Å²) in [5, 5.41) is 2.63. The monoisotopic (exact) mass is 216 g/mol. The number of alkyl halides is 1. The van der Waals surface area contributed by atoms with Gasteiger partial charge in [0.15, 0.2) is 6.39 Å². The van der Waals surface area contributed by atoms with Crippen LogP contribution in [0.25, 0.3) is 0 Å². The molecule has 0 aliphatic heterocycles. The van der Waals surface area contributed by atoms with Crippen LogP contribution in [0.15, 0.2) is 10.8 Å². The molecule has 1 unspecified atom stereocenters. The highest BCUT2D eigenvalue weighted by atomic mass is 35.5. The second-order valence-corrected chi connectivity index (χ2v) is 3.60. The Bertz CT molecular complexity index is 312. The number of carbonyl (C=O) groups excluding carboxylic acids is 1. The molecular weight excluding hydrogens is 204 g/mol. The second-order valence-electron chi connectivity index (χ2n) is 2.98. The van der Waals surface area contributed by atoms with Crippen molar-refractivity contribution in [3.8, 4) is 0 Å². The van der Waals surface area contributed by atoms with Crippen molar-refractivity contribution >= 4 is 17.5 Å². The fourth-order valence-electron chi connectivity index (χ4n) is 0.948. The average molecular weight is 217 g/mol. The molecule has 0 aromatic carbocycles. The molecule has 0 fully saturated rings. The standard InChI is InChI=1S/C9H13ClN2O2/c1-3-7(10)4-11-9(13)8-6(2)12-5-14-8/h5,7H,3-4H2,1-2H3,(H,11,13). The van der Waals surface area contributed by atoms with Crippen LogP contribution in [-0.2, 0) is 0 Å². The summed E-state index contributed by atoms with van der Waals surface area (Å²) in [6, 6.07) is 0. The summed E-state index contributed by atoms with van der Waals surface area (Å²) >= 11 is 5.85. The zero-order chi connectivity index (χ0) is 10.6. The number of halogens is 1. The van der Waals surface area contributed by atoms with Gasteiger partial charge in [0.2, 0.25) is 5.76 Å². The van der Waals surface area contributed by atoms with Gasteiger partial charge < -0.3 is 9.73 Å². The van der Waals surface area contributed by atoms with Crippen LogP contribution in [0.3, 0.4) is 0 Å². The highest BCUT2D eigenvalue weighted by molar-refractivity contribution is 6.20. The van der Waals surface area contributed by atoms with E-state index >= 15 is 0 Å². The van der Waals surface area contributed by atoms with Crippen molar-refractivity contribution in [2.24, 2.45) is 0 Å². The molecule has 4 nitrogen and oxygen atoms in total. The van der Waals surface area contributed by atoms with E-state index in [1.165, 1.54) is 6.39 Å². The van der Waals surface area contributed by atoms with E-state index in [9.17, 15) is 4.79 Å². The SMILES string of the molecule is CCC(Cl)CNC(=O)c1ocnc1C. The number of nitrogens with zero attached hydrogens (tertiary/aromatic N) is 1. The zero-order valence-corrected chi connectivity index (χ0v) is 8.97. The maximum atomic E-state index is 11.4. The van der Waals surface area contributed by atoms with E-state index in [0.29, 0.717) is 12.2 Å². The fraction of sp³-hybridized carbons (Fsp3) is 0.556. The number of hydrogen-bond donors (Lipinski definition) is 1. The van der Waals surface area contributed by atoms with Gasteiger partial charge in [0.05, 0.1) is 11.1 Å². The van der Waals surface area contributed by atoms with Gasteiger partial charge in [-0.3, -0.25) is 4.79 Å². The predicted molar refractivity (Wildman–Crippen MR) is 53.5 cm³/mol. The largest absolute Gasteiger partial charge is 0.438 e. The zero-order valence-electron chi connectivity index (χ0n) is 8.21. The minimum absolute atomic E-state index is 0.0397. The van der Waals surface area contributed by atoms with Gasteiger partial charge in [-0.2, -0.15) is 0 Å². The summed E-state index contributed by atoms with van der Waals surface area (Å²) in [6.07, 6.45) is 2.07. The summed E-state index contributed by atoms with van der Waals surface area (Å²) in [7, 11) is 0. The van der Waals surface area contributed by atoms with Crippen LogP contribution in [0.4, 0.5) is 0 Å². The molecule has 1 aromatic rings. The molecular formula is C9H13ClN2O2. The third-order valence-corrected chi connectivity index (χ3v) is 2.34. The average Bonchev–Trinajstić information content (AvgIpc) is 2.60. The lowest BCUT2D eigenvalue weighted by Gasteiger charge is -2.06. The highest BCUT2D eigenvalue weighted by Gasteiger charge is 2.14. The van der Waals surface area contributed by atoms with E-state index < -0.39 is 0 Å². The maximum Gasteiger partial charge on any atom is 0.289 e. The topological polar surface area (TPSA) is 55.1 Å². The molecule has 0 aliphatic carbocycles. The molecule has 0 aliphatic rings. The second kappa shape index (κ2) is 5.00. The Hall–Kier alpha value is -1.03. The van der Waals surface area contributed by atoms with Gasteiger partial charge in [-0.05, 0) is 13.3 Å². The lowest BCUT2D eigenvalue weighted by atomic mass is 10.3. The third-order valence-electron chi connectivity index (χ3n) is 1.88. The first kappa shape index (κ1) is 11.0. The van der Waals surface area contributed by atoms with Crippen LogP contribution < -0.4 is 5.32 Å². The van der Waals surface area contributed by atoms with E-state index in [2.05, 4.69) is 10.3 Å². The van der Waals surface area contributed by atoms with E-state index in [4.69, 9.17) is 16.0 Å². The fourth-order valence-corrected chi connectivity index (χ4v) is 1.03. The van der Waals surface area contributed by atoms with Gasteiger partial charge in [0.25, 0.3) is 5.91 Å². The number of hydrogen-bond acceptors (Lipinski definition) is 3. The quantitative estimate of drug-likeness (QED) is 0.780. The first-order valence-corrected chi connectivity index (χ1v) is 4.91. The number of aryl methyl sites for hydroxylation is 1. The van der Waals surface area contributed by atoms with Gasteiger partial charge in [-0.1, -0.05) is 6.92 Å². The normalized spacial score (nSPS) is 12.5. The van der Waals surface area contributed by atoms with Crippen LogP contribution >= 0.6 is 11.6 Å². The molecule has 0 bridgehead atoms. The number of aromatic nitrogens is 1. The summed E-state index contributed by atoms with van der Waals surface area (Å²) in [6.45, 7) is 4.12. The van der Waals surface area contributed by atoms with Crippen LogP contribution in [0.2, 0.25) is 0 Å². The van der Waals surface area contributed by atoms with Gasteiger partial charge in [-0.25, -0.2) is 4.98 Å². The van der Waals surface area contributed by atoms with Crippen LogP contribution in [0.1, 0.15) is 29.6 Å². The first-order chi connectivity index (χ1) is 6.65. The van der Waals surface area contributed by atoms with E-state index in [0.717, 1.165) is 6.42 Å². The number of nitrogens with one attached hydrogen (secondary N) is 1.